The van der Waals surface area contributed by atoms with Crippen LogP contribution in [0.4, 0.5) is 0 Å². The molecule has 1 aromatic carbocycles. The molecule has 44 valence electrons. The summed E-state index contributed by atoms with van der Waals surface area (Å²) in [6, 6.07) is 7.25. The zero-order valence-electron chi connectivity index (χ0n) is 6.76. The molecule has 0 saturated carbocycles. The van der Waals surface area contributed by atoms with Crippen molar-refractivity contribution in [3.63, 3.8) is 0 Å². The topological polar surface area (TPSA) is 20.2 Å². The predicted octanol–water partition coefficient (Wildman–Crippen LogP) is -1.18. The van der Waals surface area contributed by atoms with Gasteiger partial charge in [-0.15, -0.1) is 0 Å². The van der Waals surface area contributed by atoms with Crippen molar-refractivity contribution in [1.82, 2.24) is 0 Å². The largest absolute Gasteiger partial charge is 1.00 e. The maximum Gasteiger partial charge on any atom is 1.00 e. The molecule has 1 rings (SSSR count). The fraction of sp³-hybridized carbons (Fsp3) is 0.143. The Bertz CT molecular complexity index is 170. The first-order chi connectivity index (χ1) is 3.80. The van der Waals surface area contributed by atoms with Gasteiger partial charge in [-0.25, -0.2) is 0 Å². The van der Waals surface area contributed by atoms with Crippen molar-refractivity contribution < 1.29 is 36.1 Å². The van der Waals surface area contributed by atoms with Gasteiger partial charge in [0.15, 0.2) is 0 Å². The van der Waals surface area contributed by atoms with Gasteiger partial charge in [-0.05, 0) is 18.6 Å². The van der Waals surface area contributed by atoms with Crippen LogP contribution in [-0.2, 0) is 0 Å². The Hall–Kier alpha value is 0.0200. The fourth-order valence-electron chi connectivity index (χ4n) is 0.563. The molecule has 0 unspecified atom stereocenters. The number of hydrogen-bond donors (Lipinski definition) is 1. The molecule has 0 radical (unpaired) electrons. The second-order valence-electron chi connectivity index (χ2n) is 1.79. The number of phenolic OH excluding ortho intramolecular Hbond substituents is 1. The summed E-state index contributed by atoms with van der Waals surface area (Å²) in [6.45, 7) is 1.87. The van der Waals surface area contributed by atoms with Crippen LogP contribution in [0.5, 0.6) is 5.75 Å². The maximum atomic E-state index is 8.92. The van der Waals surface area contributed by atoms with Gasteiger partial charge in [0.1, 0.15) is 5.75 Å². The van der Waals surface area contributed by atoms with Gasteiger partial charge in [0.05, 0.1) is 0 Å². The molecule has 0 saturated heterocycles. The third kappa shape index (κ3) is 2.39. The number of hydrogen-bond acceptors (Lipinski definition) is 1. The molecule has 1 nitrogen and oxygen atoms in total. The summed E-state index contributed by atoms with van der Waals surface area (Å²) >= 11 is 0. The number of rotatable bonds is 0. The second-order valence-corrected chi connectivity index (χ2v) is 1.79. The van der Waals surface area contributed by atoms with Gasteiger partial charge in [0.25, 0.3) is 0 Å². The number of benzene rings is 1. The van der Waals surface area contributed by atoms with Crippen molar-refractivity contribution in [3.8, 4) is 5.75 Å². The molecule has 1 N–H and O–H groups in total. The molecule has 0 aliphatic carbocycles. The molecule has 0 aliphatic heterocycles. The van der Waals surface area contributed by atoms with Crippen LogP contribution in [0.1, 0.15) is 6.99 Å². The third-order valence-corrected chi connectivity index (χ3v) is 1.12. The molecule has 1 aromatic rings. The minimum atomic E-state index is 0. The van der Waals surface area contributed by atoms with E-state index in [1.165, 1.54) is 0 Å². The number of aryl methyl sites for hydroxylation is 1. The van der Waals surface area contributed by atoms with Gasteiger partial charge in [0, 0.05) is 0 Å². The van der Waals surface area contributed by atoms with Gasteiger partial charge >= 0.3 is 29.6 Å². The van der Waals surface area contributed by atoms with Crippen LogP contribution in [0.2, 0.25) is 0 Å². The monoisotopic (exact) mass is 132 g/mol. The summed E-state index contributed by atoms with van der Waals surface area (Å²) in [5.41, 5.74) is 0.924. The number of phenols is 1. The van der Waals surface area contributed by atoms with E-state index in [1.807, 2.05) is 25.1 Å². The molecular weight excluding hydrogens is 123 g/mol. The van der Waals surface area contributed by atoms with E-state index >= 15 is 0 Å². The van der Waals surface area contributed by atoms with E-state index in [-0.39, 0.29) is 31.0 Å². The van der Waals surface area contributed by atoms with E-state index in [2.05, 4.69) is 0 Å². The number of para-hydroxylation sites is 1. The molecular formula is C7H9NaO. The van der Waals surface area contributed by atoms with Crippen molar-refractivity contribution in [2.75, 3.05) is 0 Å². The first-order valence-electron chi connectivity index (χ1n) is 2.55. The molecule has 0 heterocycles. The Balaban J connectivity index is 0. The van der Waals surface area contributed by atoms with Crippen molar-refractivity contribution in [3.05, 3.63) is 29.8 Å². The Morgan fingerprint density at radius 3 is 2.22 bits per heavy atom. The van der Waals surface area contributed by atoms with Crippen LogP contribution in [-0.4, -0.2) is 5.11 Å². The van der Waals surface area contributed by atoms with Crippen molar-refractivity contribution >= 4 is 0 Å². The Morgan fingerprint density at radius 2 is 1.89 bits per heavy atom. The Kier molecular flexibility index (Phi) is 3.95. The SMILES string of the molecule is Cc1ccccc1O.[H-].[Na+]. The second kappa shape index (κ2) is 3.94. The number of aromatic hydroxyl groups is 1. The standard InChI is InChI=1S/C7H8O.Na.H/c1-6-4-2-3-5-7(6)8;;/h2-5,8H,1H3;;/q;+1;-1. The minimum Gasteiger partial charge on any atom is -1.00 e. The summed E-state index contributed by atoms with van der Waals surface area (Å²) in [7, 11) is 0. The van der Waals surface area contributed by atoms with Crippen LogP contribution in [0.15, 0.2) is 24.3 Å². The van der Waals surface area contributed by atoms with Crippen LogP contribution in [0.3, 0.4) is 0 Å². The quantitative estimate of drug-likeness (QED) is 0.440. The average Bonchev–Trinajstić information content (AvgIpc) is 1.77. The first kappa shape index (κ1) is 9.02. The van der Waals surface area contributed by atoms with Crippen molar-refractivity contribution in [2.45, 2.75) is 6.92 Å². The van der Waals surface area contributed by atoms with Gasteiger partial charge in [-0.3, -0.25) is 0 Å². The smallest absolute Gasteiger partial charge is 1.00 e. The Morgan fingerprint density at radius 1 is 1.33 bits per heavy atom. The molecule has 0 aliphatic rings. The van der Waals surface area contributed by atoms with Crippen LogP contribution >= 0.6 is 0 Å². The molecule has 0 spiro atoms. The average molecular weight is 132 g/mol. The molecule has 0 atom stereocenters. The van der Waals surface area contributed by atoms with E-state index in [9.17, 15) is 0 Å². The normalized spacial score (nSPS) is 8.11. The fourth-order valence-corrected chi connectivity index (χ4v) is 0.563. The summed E-state index contributed by atoms with van der Waals surface area (Å²) < 4.78 is 0. The summed E-state index contributed by atoms with van der Waals surface area (Å²) in [4.78, 5) is 0. The van der Waals surface area contributed by atoms with Gasteiger partial charge in [-0.1, -0.05) is 18.2 Å². The van der Waals surface area contributed by atoms with E-state index in [0.717, 1.165) is 5.56 Å². The zero-order valence-corrected chi connectivity index (χ0v) is 7.76. The van der Waals surface area contributed by atoms with Gasteiger partial charge < -0.3 is 6.53 Å². The molecule has 0 bridgehead atoms. The van der Waals surface area contributed by atoms with E-state index in [0.29, 0.717) is 5.75 Å². The Labute approximate surface area is 78.5 Å². The maximum absolute atomic E-state index is 8.92. The third-order valence-electron chi connectivity index (χ3n) is 1.12. The van der Waals surface area contributed by atoms with Crippen molar-refractivity contribution in [2.24, 2.45) is 0 Å². The molecule has 9 heavy (non-hydrogen) atoms. The van der Waals surface area contributed by atoms with Crippen LogP contribution in [0, 0.1) is 6.92 Å². The van der Waals surface area contributed by atoms with Crippen LogP contribution in [0.25, 0.3) is 0 Å². The molecule has 0 amide bonds. The first-order valence-corrected chi connectivity index (χ1v) is 2.55. The molecule has 2 heteroatoms. The minimum absolute atomic E-state index is 0. The van der Waals surface area contributed by atoms with E-state index in [1.54, 1.807) is 6.07 Å². The molecule has 0 fully saturated rings. The molecule has 0 aromatic heterocycles. The summed E-state index contributed by atoms with van der Waals surface area (Å²) in [5.74, 6) is 0.368. The van der Waals surface area contributed by atoms with Gasteiger partial charge in [0.2, 0.25) is 0 Å². The van der Waals surface area contributed by atoms with Crippen LogP contribution < -0.4 is 29.6 Å². The summed E-state index contributed by atoms with van der Waals surface area (Å²) in [5, 5.41) is 8.92. The summed E-state index contributed by atoms with van der Waals surface area (Å²) in [6.07, 6.45) is 0. The van der Waals surface area contributed by atoms with E-state index < -0.39 is 0 Å². The predicted molar refractivity (Wildman–Crippen MR) is 34.0 cm³/mol. The zero-order chi connectivity index (χ0) is 5.98. The van der Waals surface area contributed by atoms with Gasteiger partial charge in [-0.2, -0.15) is 0 Å². The van der Waals surface area contributed by atoms with Crippen molar-refractivity contribution in [1.29, 1.82) is 0 Å². The van der Waals surface area contributed by atoms with E-state index in [4.69, 9.17) is 5.11 Å².